The Labute approximate surface area is 175 Å². The Balaban J connectivity index is 0.00000338. The fourth-order valence-corrected chi connectivity index (χ4v) is 3.16. The predicted molar refractivity (Wildman–Crippen MR) is 118 cm³/mol. The average Bonchev–Trinajstić information content (AvgIpc) is 3.15. The molecule has 1 aromatic rings. The highest BCUT2D eigenvalue weighted by Gasteiger charge is 2.12. The van der Waals surface area contributed by atoms with Gasteiger partial charge in [-0.25, -0.2) is 0 Å². The topological polar surface area (TPSA) is 58.8 Å². The van der Waals surface area contributed by atoms with Gasteiger partial charge >= 0.3 is 0 Å². The summed E-state index contributed by atoms with van der Waals surface area (Å²) in [6, 6.07) is 3.92. The van der Waals surface area contributed by atoms with Crippen molar-refractivity contribution in [1.82, 2.24) is 10.6 Å². The molecule has 2 rings (SSSR count). The highest BCUT2D eigenvalue weighted by Crippen LogP contribution is 2.20. The van der Waals surface area contributed by atoms with Crippen molar-refractivity contribution in [2.75, 3.05) is 26.2 Å². The first-order valence-electron chi connectivity index (χ1n) is 10.0. The van der Waals surface area contributed by atoms with Crippen molar-refractivity contribution in [3.05, 3.63) is 24.2 Å². The summed E-state index contributed by atoms with van der Waals surface area (Å²) >= 11 is 0. The van der Waals surface area contributed by atoms with Gasteiger partial charge in [0.15, 0.2) is 5.96 Å². The van der Waals surface area contributed by atoms with Gasteiger partial charge in [0.25, 0.3) is 0 Å². The molecule has 1 heterocycles. The second kappa shape index (κ2) is 15.3. The number of hydrogen-bond acceptors (Lipinski definition) is 3. The minimum Gasteiger partial charge on any atom is -0.469 e. The van der Waals surface area contributed by atoms with Gasteiger partial charge in [0.1, 0.15) is 5.76 Å². The second-order valence-corrected chi connectivity index (χ2v) is 6.71. The first-order chi connectivity index (χ1) is 12.4. The molecule has 0 spiro atoms. The molecule has 1 aliphatic carbocycles. The Hall–Kier alpha value is -0.760. The van der Waals surface area contributed by atoms with Gasteiger partial charge in [-0.3, -0.25) is 4.99 Å². The van der Waals surface area contributed by atoms with E-state index in [0.717, 1.165) is 57.2 Å². The summed E-state index contributed by atoms with van der Waals surface area (Å²) in [5, 5.41) is 6.65. The van der Waals surface area contributed by atoms with E-state index in [-0.39, 0.29) is 24.0 Å². The van der Waals surface area contributed by atoms with Crippen molar-refractivity contribution >= 4 is 29.9 Å². The van der Waals surface area contributed by atoms with Crippen molar-refractivity contribution in [3.8, 4) is 0 Å². The number of nitrogens with zero attached hydrogens (tertiary/aromatic N) is 1. The summed E-state index contributed by atoms with van der Waals surface area (Å²) in [4.78, 5) is 4.64. The minimum atomic E-state index is 0. The van der Waals surface area contributed by atoms with Crippen LogP contribution in [0.15, 0.2) is 27.8 Å². The maximum absolute atomic E-state index is 5.97. The first-order valence-corrected chi connectivity index (χ1v) is 10.0. The summed E-state index contributed by atoms with van der Waals surface area (Å²) < 4.78 is 11.3. The molecule has 1 saturated carbocycles. The van der Waals surface area contributed by atoms with E-state index in [1.165, 1.54) is 38.5 Å². The molecule has 26 heavy (non-hydrogen) atoms. The van der Waals surface area contributed by atoms with Crippen LogP contribution in [0, 0.1) is 0 Å². The molecule has 0 bridgehead atoms. The number of aliphatic imine (C=N–C) groups is 1. The average molecular weight is 477 g/mol. The van der Waals surface area contributed by atoms with E-state index in [0.29, 0.717) is 6.10 Å². The Morgan fingerprint density at radius 3 is 2.77 bits per heavy atom. The Morgan fingerprint density at radius 2 is 2.04 bits per heavy atom. The molecule has 1 aromatic heterocycles. The third-order valence-electron chi connectivity index (χ3n) is 4.57. The van der Waals surface area contributed by atoms with Crippen LogP contribution in [0.25, 0.3) is 0 Å². The number of ether oxygens (including phenoxy) is 1. The van der Waals surface area contributed by atoms with Gasteiger partial charge in [-0.1, -0.05) is 19.3 Å². The number of guanidine groups is 1. The lowest BCUT2D eigenvalue weighted by Gasteiger charge is -2.21. The fraction of sp³-hybridized carbons (Fsp3) is 0.750. The molecule has 0 aliphatic heterocycles. The van der Waals surface area contributed by atoms with Crippen molar-refractivity contribution in [3.63, 3.8) is 0 Å². The van der Waals surface area contributed by atoms with Crippen LogP contribution in [0.3, 0.4) is 0 Å². The SMILES string of the molecule is CCNC(=NCCCCCOC1CCCCC1)NCCc1ccco1.I. The monoisotopic (exact) mass is 477 g/mol. The van der Waals surface area contributed by atoms with Crippen molar-refractivity contribution in [2.24, 2.45) is 4.99 Å². The summed E-state index contributed by atoms with van der Waals surface area (Å²) in [7, 11) is 0. The molecule has 2 N–H and O–H groups in total. The quantitative estimate of drug-likeness (QED) is 0.213. The van der Waals surface area contributed by atoms with Gasteiger partial charge in [-0.2, -0.15) is 0 Å². The first kappa shape index (κ1) is 23.3. The zero-order valence-corrected chi connectivity index (χ0v) is 18.5. The summed E-state index contributed by atoms with van der Waals surface area (Å²) in [6.07, 6.45) is 13.2. The van der Waals surface area contributed by atoms with Gasteiger partial charge in [0.05, 0.1) is 12.4 Å². The van der Waals surface area contributed by atoms with E-state index < -0.39 is 0 Å². The number of hydrogen-bond donors (Lipinski definition) is 2. The number of halogens is 1. The number of furan rings is 1. The highest BCUT2D eigenvalue weighted by molar-refractivity contribution is 14.0. The van der Waals surface area contributed by atoms with Crippen LogP contribution >= 0.6 is 24.0 Å². The molecule has 0 saturated heterocycles. The lowest BCUT2D eigenvalue weighted by molar-refractivity contribution is 0.0264. The number of nitrogens with one attached hydrogen (secondary N) is 2. The molecule has 0 radical (unpaired) electrons. The molecule has 5 nitrogen and oxygen atoms in total. The van der Waals surface area contributed by atoms with E-state index in [9.17, 15) is 0 Å². The van der Waals surface area contributed by atoms with Crippen LogP contribution in [0.2, 0.25) is 0 Å². The largest absolute Gasteiger partial charge is 0.469 e. The molecule has 150 valence electrons. The standard InChI is InChI=1S/C20H35N3O2.HI/c1-2-21-20(23-15-13-19-12-9-17-25-19)22-14-7-4-8-16-24-18-10-5-3-6-11-18;/h9,12,17-18H,2-8,10-11,13-16H2,1H3,(H2,21,22,23);1H. The van der Waals surface area contributed by atoms with Crippen molar-refractivity contribution in [2.45, 2.75) is 70.8 Å². The number of rotatable bonds is 11. The molecule has 0 atom stereocenters. The predicted octanol–water partition coefficient (Wildman–Crippen LogP) is 4.51. The third kappa shape index (κ3) is 10.4. The van der Waals surface area contributed by atoms with E-state index in [4.69, 9.17) is 9.15 Å². The molecular weight excluding hydrogens is 441 g/mol. The molecule has 1 aliphatic rings. The second-order valence-electron chi connectivity index (χ2n) is 6.71. The van der Waals surface area contributed by atoms with Crippen LogP contribution < -0.4 is 10.6 Å². The molecule has 0 aromatic carbocycles. The Morgan fingerprint density at radius 1 is 1.19 bits per heavy atom. The van der Waals surface area contributed by atoms with Crippen LogP contribution in [0.4, 0.5) is 0 Å². The lowest BCUT2D eigenvalue weighted by Crippen LogP contribution is -2.38. The van der Waals surface area contributed by atoms with Gasteiger partial charge < -0.3 is 19.8 Å². The fourth-order valence-electron chi connectivity index (χ4n) is 3.16. The molecule has 6 heteroatoms. The Bertz CT molecular complexity index is 460. The van der Waals surface area contributed by atoms with Gasteiger partial charge in [-0.05, 0) is 51.2 Å². The summed E-state index contributed by atoms with van der Waals surface area (Å²) in [6.45, 7) is 5.57. The van der Waals surface area contributed by atoms with Crippen molar-refractivity contribution in [1.29, 1.82) is 0 Å². The van der Waals surface area contributed by atoms with Gasteiger partial charge in [-0.15, -0.1) is 24.0 Å². The van der Waals surface area contributed by atoms with E-state index in [1.54, 1.807) is 6.26 Å². The van der Waals surface area contributed by atoms with E-state index >= 15 is 0 Å². The smallest absolute Gasteiger partial charge is 0.191 e. The summed E-state index contributed by atoms with van der Waals surface area (Å²) in [5.74, 6) is 1.90. The van der Waals surface area contributed by atoms with Gasteiger partial charge in [0.2, 0.25) is 0 Å². The zero-order chi connectivity index (χ0) is 17.6. The Kier molecular flexibility index (Phi) is 13.7. The normalized spacial score (nSPS) is 15.5. The minimum absolute atomic E-state index is 0. The summed E-state index contributed by atoms with van der Waals surface area (Å²) in [5.41, 5.74) is 0. The number of unbranched alkanes of at least 4 members (excludes halogenated alkanes) is 2. The maximum atomic E-state index is 5.97. The van der Waals surface area contributed by atoms with Crippen molar-refractivity contribution < 1.29 is 9.15 Å². The van der Waals surface area contributed by atoms with Crippen LogP contribution in [0.1, 0.15) is 64.1 Å². The van der Waals surface area contributed by atoms with E-state index in [2.05, 4.69) is 22.5 Å². The zero-order valence-electron chi connectivity index (χ0n) is 16.2. The molecular formula is C20H36IN3O2. The van der Waals surface area contributed by atoms with Crippen LogP contribution in [0.5, 0.6) is 0 Å². The lowest BCUT2D eigenvalue weighted by atomic mass is 9.98. The third-order valence-corrected chi connectivity index (χ3v) is 4.57. The maximum Gasteiger partial charge on any atom is 0.191 e. The highest BCUT2D eigenvalue weighted by atomic mass is 127. The van der Waals surface area contributed by atoms with Crippen LogP contribution in [-0.2, 0) is 11.2 Å². The van der Waals surface area contributed by atoms with Crippen LogP contribution in [-0.4, -0.2) is 38.3 Å². The van der Waals surface area contributed by atoms with Gasteiger partial charge in [0, 0.05) is 32.7 Å². The molecule has 0 amide bonds. The van der Waals surface area contributed by atoms with E-state index in [1.807, 2.05) is 12.1 Å². The molecule has 0 unspecified atom stereocenters. The molecule has 1 fully saturated rings.